The quantitative estimate of drug-likeness (QED) is 0.667. The van der Waals surface area contributed by atoms with E-state index in [-0.39, 0.29) is 5.97 Å². The number of methoxy groups -OCH3 is 1. The molecule has 0 saturated heterocycles. The van der Waals surface area contributed by atoms with Gasteiger partial charge >= 0.3 is 5.97 Å². The third-order valence-electron chi connectivity index (χ3n) is 3.02. The minimum absolute atomic E-state index is 0.316. The van der Waals surface area contributed by atoms with E-state index in [0.29, 0.717) is 5.69 Å². The smallest absolute Gasteiger partial charge is 0.354 e. The van der Waals surface area contributed by atoms with Gasteiger partial charge in [0.15, 0.2) is 0 Å². The van der Waals surface area contributed by atoms with Crippen LogP contribution in [0.3, 0.4) is 0 Å². The highest BCUT2D eigenvalue weighted by molar-refractivity contribution is 7.18. The first-order chi connectivity index (χ1) is 8.22. The Kier molecular flexibility index (Phi) is 2.19. The van der Waals surface area contributed by atoms with Crippen LogP contribution in [0.4, 0.5) is 0 Å². The van der Waals surface area contributed by atoms with Crippen molar-refractivity contribution < 1.29 is 9.53 Å². The zero-order chi connectivity index (χ0) is 12.0. The number of hydrogen-bond donors (Lipinski definition) is 1. The van der Waals surface area contributed by atoms with E-state index in [2.05, 4.69) is 22.5 Å². The maximum absolute atomic E-state index is 11.6. The van der Waals surface area contributed by atoms with Crippen molar-refractivity contribution in [2.75, 3.05) is 7.11 Å². The zero-order valence-corrected chi connectivity index (χ0v) is 10.4. The van der Waals surface area contributed by atoms with Gasteiger partial charge < -0.3 is 9.72 Å². The van der Waals surface area contributed by atoms with Crippen LogP contribution in [0.1, 0.15) is 16.1 Å². The molecule has 0 radical (unpaired) electrons. The minimum atomic E-state index is -0.316. The maximum atomic E-state index is 11.6. The molecule has 1 N–H and O–H groups in total. The summed E-state index contributed by atoms with van der Waals surface area (Å²) in [6, 6.07) is 6.15. The van der Waals surface area contributed by atoms with Gasteiger partial charge in [0, 0.05) is 15.6 Å². The van der Waals surface area contributed by atoms with E-state index >= 15 is 0 Å². The second-order valence-corrected chi connectivity index (χ2v) is 4.86. The first-order valence-corrected chi connectivity index (χ1v) is 6.17. The fraction of sp³-hybridized carbons (Fsp3) is 0.154. The lowest BCUT2D eigenvalue weighted by atomic mass is 10.1. The summed E-state index contributed by atoms with van der Waals surface area (Å²) in [6.07, 6.45) is 0. The van der Waals surface area contributed by atoms with Gasteiger partial charge in [0.1, 0.15) is 5.69 Å². The molecule has 17 heavy (non-hydrogen) atoms. The lowest BCUT2D eigenvalue weighted by Crippen LogP contribution is -2.02. The van der Waals surface area contributed by atoms with Crippen molar-refractivity contribution >= 4 is 38.3 Å². The molecule has 2 aromatic heterocycles. The predicted molar refractivity (Wildman–Crippen MR) is 69.8 cm³/mol. The number of carbonyl (C=O) groups is 1. The van der Waals surface area contributed by atoms with E-state index in [1.807, 2.05) is 13.0 Å². The number of esters is 1. The van der Waals surface area contributed by atoms with Crippen molar-refractivity contribution in [1.82, 2.24) is 4.98 Å². The molecule has 0 aliphatic carbocycles. The van der Waals surface area contributed by atoms with Crippen LogP contribution < -0.4 is 0 Å². The lowest BCUT2D eigenvalue weighted by molar-refractivity contribution is 0.0594. The number of fused-ring (bicyclic) bond motifs is 3. The molecule has 86 valence electrons. The standard InChI is InChI=1S/C13H11NO2S/c1-7-10-9(14-11(7)13(15)16-2)4-3-8-5-6-17-12(8)10/h3-6,14H,1-2H3. The molecule has 0 spiro atoms. The number of hydrogen-bond acceptors (Lipinski definition) is 3. The summed E-state index contributed by atoms with van der Waals surface area (Å²) in [5, 5.41) is 4.40. The fourth-order valence-corrected chi connectivity index (χ4v) is 3.17. The largest absolute Gasteiger partial charge is 0.464 e. The summed E-state index contributed by atoms with van der Waals surface area (Å²) in [7, 11) is 1.40. The number of thiophene rings is 1. The summed E-state index contributed by atoms with van der Waals surface area (Å²) in [5.74, 6) is -0.316. The molecule has 0 aliphatic heterocycles. The van der Waals surface area contributed by atoms with Crippen LogP contribution in [0.5, 0.6) is 0 Å². The summed E-state index contributed by atoms with van der Waals surface area (Å²) < 4.78 is 5.99. The third-order valence-corrected chi connectivity index (χ3v) is 3.97. The molecule has 2 heterocycles. The van der Waals surface area contributed by atoms with Gasteiger partial charge in [0.05, 0.1) is 7.11 Å². The predicted octanol–water partition coefficient (Wildman–Crippen LogP) is 3.48. The van der Waals surface area contributed by atoms with Crippen LogP contribution in [-0.4, -0.2) is 18.1 Å². The van der Waals surface area contributed by atoms with Crippen LogP contribution in [-0.2, 0) is 4.74 Å². The minimum Gasteiger partial charge on any atom is -0.464 e. The number of rotatable bonds is 1. The van der Waals surface area contributed by atoms with Gasteiger partial charge in [0.2, 0.25) is 0 Å². The fourth-order valence-electron chi connectivity index (χ4n) is 2.17. The topological polar surface area (TPSA) is 42.1 Å². The molecular weight excluding hydrogens is 234 g/mol. The lowest BCUT2D eigenvalue weighted by Gasteiger charge is -1.96. The molecule has 0 amide bonds. The van der Waals surface area contributed by atoms with Crippen molar-refractivity contribution in [1.29, 1.82) is 0 Å². The molecule has 3 aromatic rings. The second kappa shape index (κ2) is 3.60. The highest BCUT2D eigenvalue weighted by atomic mass is 32.1. The molecule has 0 aliphatic rings. The molecule has 0 saturated carbocycles. The van der Waals surface area contributed by atoms with Gasteiger partial charge in [-0.1, -0.05) is 6.07 Å². The van der Waals surface area contributed by atoms with Crippen LogP contribution in [0.25, 0.3) is 21.0 Å². The van der Waals surface area contributed by atoms with Crippen molar-refractivity contribution in [3.8, 4) is 0 Å². The normalized spacial score (nSPS) is 11.2. The summed E-state index contributed by atoms with van der Waals surface area (Å²) in [5.41, 5.74) is 2.49. The first kappa shape index (κ1) is 10.4. The third kappa shape index (κ3) is 1.37. The maximum Gasteiger partial charge on any atom is 0.354 e. The van der Waals surface area contributed by atoms with Gasteiger partial charge in [-0.05, 0) is 35.4 Å². The van der Waals surface area contributed by atoms with Gasteiger partial charge in [0.25, 0.3) is 0 Å². The van der Waals surface area contributed by atoms with Gasteiger partial charge in [-0.2, -0.15) is 0 Å². The number of H-pyrrole nitrogens is 1. The Labute approximate surface area is 102 Å². The SMILES string of the molecule is COC(=O)c1[nH]c2ccc3ccsc3c2c1C. The molecule has 1 aromatic carbocycles. The number of nitrogens with one attached hydrogen (secondary N) is 1. The van der Waals surface area contributed by atoms with Gasteiger partial charge in [-0.25, -0.2) is 4.79 Å². The number of carbonyl (C=O) groups excluding carboxylic acids is 1. The number of aromatic nitrogens is 1. The number of ether oxygens (including phenoxy) is 1. The van der Waals surface area contributed by atoms with Crippen molar-refractivity contribution in [3.63, 3.8) is 0 Å². The molecule has 0 unspecified atom stereocenters. The van der Waals surface area contributed by atoms with E-state index in [4.69, 9.17) is 4.74 Å². The Balaban J connectivity index is 2.43. The molecule has 0 atom stereocenters. The second-order valence-electron chi connectivity index (χ2n) is 3.94. The van der Waals surface area contributed by atoms with Crippen LogP contribution in [0.2, 0.25) is 0 Å². The highest BCUT2D eigenvalue weighted by Gasteiger charge is 2.16. The number of aromatic amines is 1. The monoisotopic (exact) mass is 245 g/mol. The van der Waals surface area contributed by atoms with E-state index in [1.165, 1.54) is 17.2 Å². The van der Waals surface area contributed by atoms with Crippen LogP contribution in [0, 0.1) is 6.92 Å². The summed E-state index contributed by atoms with van der Waals surface area (Å²) >= 11 is 1.69. The molecule has 0 bridgehead atoms. The molecule has 3 nitrogen and oxygen atoms in total. The van der Waals surface area contributed by atoms with Crippen molar-refractivity contribution in [2.24, 2.45) is 0 Å². The average Bonchev–Trinajstić information content (AvgIpc) is 2.92. The summed E-state index contributed by atoms with van der Waals surface area (Å²) in [4.78, 5) is 14.8. The van der Waals surface area contributed by atoms with Gasteiger partial charge in [-0.3, -0.25) is 0 Å². The van der Waals surface area contributed by atoms with Crippen LogP contribution >= 0.6 is 11.3 Å². The molecule has 0 fully saturated rings. The Morgan fingerprint density at radius 3 is 2.94 bits per heavy atom. The van der Waals surface area contributed by atoms with Gasteiger partial charge in [-0.15, -0.1) is 11.3 Å². The first-order valence-electron chi connectivity index (χ1n) is 5.29. The van der Waals surface area contributed by atoms with Crippen molar-refractivity contribution in [2.45, 2.75) is 6.92 Å². The molecule has 3 rings (SSSR count). The Bertz CT molecular complexity index is 724. The zero-order valence-electron chi connectivity index (χ0n) is 9.53. The Hall–Kier alpha value is -1.81. The Morgan fingerprint density at radius 2 is 2.18 bits per heavy atom. The number of benzene rings is 1. The summed E-state index contributed by atoms with van der Waals surface area (Å²) in [6.45, 7) is 1.95. The van der Waals surface area contributed by atoms with Crippen LogP contribution in [0.15, 0.2) is 23.6 Å². The molecular formula is C13H11NO2S. The van der Waals surface area contributed by atoms with E-state index < -0.39 is 0 Å². The van der Waals surface area contributed by atoms with E-state index in [9.17, 15) is 4.79 Å². The average molecular weight is 245 g/mol. The van der Waals surface area contributed by atoms with Crippen molar-refractivity contribution in [3.05, 3.63) is 34.8 Å². The van der Waals surface area contributed by atoms with E-state index in [0.717, 1.165) is 16.5 Å². The molecule has 4 heteroatoms. The Morgan fingerprint density at radius 1 is 1.35 bits per heavy atom. The van der Waals surface area contributed by atoms with E-state index in [1.54, 1.807) is 11.3 Å². The number of aryl methyl sites for hydroxylation is 1. The highest BCUT2D eigenvalue weighted by Crippen LogP contribution is 2.33.